The summed E-state index contributed by atoms with van der Waals surface area (Å²) in [6.45, 7) is 0.849. The lowest BCUT2D eigenvalue weighted by atomic mass is 10.2. The summed E-state index contributed by atoms with van der Waals surface area (Å²) in [5.41, 5.74) is 5.34. The second kappa shape index (κ2) is 4.18. The first-order chi connectivity index (χ1) is 7.18. The number of hydrogen-bond acceptors (Lipinski definition) is 3. The lowest BCUT2D eigenvalue weighted by molar-refractivity contribution is -0.119. The largest absolute Gasteiger partial charge is 0.368 e. The standard InChI is InChI=1S/C10H12BrN3O/c11-7-3-4-9(13-6-7)14-5-1-2-8(14)10(12)15/h3-4,6,8H,1-2,5H2,(H2,12,15). The summed E-state index contributed by atoms with van der Waals surface area (Å²) in [7, 11) is 0. The molecule has 5 heteroatoms. The normalized spacial score (nSPS) is 20.6. The molecule has 1 aromatic rings. The molecular weight excluding hydrogens is 258 g/mol. The van der Waals surface area contributed by atoms with Crippen LogP contribution in [0.1, 0.15) is 12.8 Å². The average molecular weight is 270 g/mol. The molecule has 1 aliphatic rings. The third-order valence-corrected chi connectivity index (χ3v) is 3.06. The maximum atomic E-state index is 11.2. The summed E-state index contributed by atoms with van der Waals surface area (Å²) < 4.78 is 0.932. The number of rotatable bonds is 2. The molecule has 1 aromatic heterocycles. The fourth-order valence-electron chi connectivity index (χ4n) is 1.87. The first kappa shape index (κ1) is 10.4. The first-order valence-corrected chi connectivity index (χ1v) is 5.65. The highest BCUT2D eigenvalue weighted by atomic mass is 79.9. The van der Waals surface area contributed by atoms with Gasteiger partial charge in [0.2, 0.25) is 5.91 Å². The molecule has 0 aliphatic carbocycles. The van der Waals surface area contributed by atoms with Crippen molar-refractivity contribution in [2.24, 2.45) is 5.73 Å². The Morgan fingerprint density at radius 1 is 1.60 bits per heavy atom. The number of carbonyl (C=O) groups is 1. The molecule has 2 heterocycles. The number of halogens is 1. The SMILES string of the molecule is NC(=O)C1CCCN1c1ccc(Br)cn1. The van der Waals surface area contributed by atoms with Crippen molar-refractivity contribution in [2.75, 3.05) is 11.4 Å². The van der Waals surface area contributed by atoms with Crippen molar-refractivity contribution in [3.8, 4) is 0 Å². The van der Waals surface area contributed by atoms with Crippen molar-refractivity contribution in [2.45, 2.75) is 18.9 Å². The van der Waals surface area contributed by atoms with E-state index in [1.807, 2.05) is 17.0 Å². The van der Waals surface area contributed by atoms with Gasteiger partial charge >= 0.3 is 0 Å². The van der Waals surface area contributed by atoms with Gasteiger partial charge in [-0.15, -0.1) is 0 Å². The van der Waals surface area contributed by atoms with Crippen molar-refractivity contribution in [1.29, 1.82) is 0 Å². The van der Waals surface area contributed by atoms with Crippen LogP contribution in [0.2, 0.25) is 0 Å². The number of nitrogens with two attached hydrogens (primary N) is 1. The molecule has 0 radical (unpaired) electrons. The van der Waals surface area contributed by atoms with E-state index < -0.39 is 0 Å². The third kappa shape index (κ3) is 2.12. The number of primary amides is 1. The first-order valence-electron chi connectivity index (χ1n) is 4.86. The molecule has 0 saturated carbocycles. The lowest BCUT2D eigenvalue weighted by Gasteiger charge is -2.22. The zero-order valence-corrected chi connectivity index (χ0v) is 9.77. The minimum absolute atomic E-state index is 0.196. The van der Waals surface area contributed by atoms with Gasteiger partial charge in [0, 0.05) is 17.2 Å². The average Bonchev–Trinajstić information content (AvgIpc) is 2.67. The van der Waals surface area contributed by atoms with Gasteiger partial charge in [0.05, 0.1) is 0 Å². The van der Waals surface area contributed by atoms with Gasteiger partial charge in [0.25, 0.3) is 0 Å². The molecule has 2 N–H and O–H groups in total. The van der Waals surface area contributed by atoms with E-state index in [0.29, 0.717) is 0 Å². The van der Waals surface area contributed by atoms with Crippen LogP contribution in [-0.4, -0.2) is 23.5 Å². The minimum Gasteiger partial charge on any atom is -0.368 e. The van der Waals surface area contributed by atoms with Gasteiger partial charge in [-0.3, -0.25) is 4.79 Å². The van der Waals surface area contributed by atoms with E-state index in [2.05, 4.69) is 20.9 Å². The molecule has 1 atom stereocenters. The number of aromatic nitrogens is 1. The lowest BCUT2D eigenvalue weighted by Crippen LogP contribution is -2.40. The summed E-state index contributed by atoms with van der Waals surface area (Å²) >= 11 is 3.33. The van der Waals surface area contributed by atoms with E-state index in [0.717, 1.165) is 29.7 Å². The molecule has 0 aromatic carbocycles. The predicted octanol–water partition coefficient (Wildman–Crippen LogP) is 1.30. The Morgan fingerprint density at radius 2 is 2.40 bits per heavy atom. The molecule has 1 saturated heterocycles. The number of pyridine rings is 1. The predicted molar refractivity (Wildman–Crippen MR) is 61.5 cm³/mol. The van der Waals surface area contributed by atoms with Gasteiger partial charge in [-0.05, 0) is 40.9 Å². The topological polar surface area (TPSA) is 59.2 Å². The quantitative estimate of drug-likeness (QED) is 0.881. The van der Waals surface area contributed by atoms with Gasteiger partial charge in [-0.25, -0.2) is 4.98 Å². The Balaban J connectivity index is 2.22. The minimum atomic E-state index is -0.266. The van der Waals surface area contributed by atoms with Crippen LogP contribution in [0.3, 0.4) is 0 Å². The van der Waals surface area contributed by atoms with E-state index in [1.165, 1.54) is 0 Å². The molecular formula is C10H12BrN3O. The number of anilines is 1. The smallest absolute Gasteiger partial charge is 0.240 e. The summed E-state index contributed by atoms with van der Waals surface area (Å²) in [5.74, 6) is 0.553. The molecule has 1 amide bonds. The van der Waals surface area contributed by atoms with E-state index in [1.54, 1.807) is 6.20 Å². The highest BCUT2D eigenvalue weighted by molar-refractivity contribution is 9.10. The third-order valence-electron chi connectivity index (χ3n) is 2.59. The van der Waals surface area contributed by atoms with Crippen LogP contribution in [0.15, 0.2) is 22.8 Å². The Hall–Kier alpha value is -1.10. The fraction of sp³-hybridized carbons (Fsp3) is 0.400. The highest BCUT2D eigenvalue weighted by Crippen LogP contribution is 2.24. The molecule has 1 fully saturated rings. The van der Waals surface area contributed by atoms with Crippen LogP contribution in [0, 0.1) is 0 Å². The number of hydrogen-bond donors (Lipinski definition) is 1. The van der Waals surface area contributed by atoms with Crippen molar-refractivity contribution in [3.05, 3.63) is 22.8 Å². The number of carbonyl (C=O) groups excluding carboxylic acids is 1. The monoisotopic (exact) mass is 269 g/mol. The Morgan fingerprint density at radius 3 is 3.00 bits per heavy atom. The summed E-state index contributed by atoms with van der Waals surface area (Å²) in [5, 5.41) is 0. The zero-order chi connectivity index (χ0) is 10.8. The molecule has 1 unspecified atom stereocenters. The number of amides is 1. The highest BCUT2D eigenvalue weighted by Gasteiger charge is 2.29. The number of nitrogens with zero attached hydrogens (tertiary/aromatic N) is 2. The zero-order valence-electron chi connectivity index (χ0n) is 8.19. The van der Waals surface area contributed by atoms with Crippen molar-refractivity contribution >= 4 is 27.7 Å². The molecule has 0 spiro atoms. The second-order valence-electron chi connectivity index (χ2n) is 3.59. The van der Waals surface area contributed by atoms with Gasteiger partial charge in [-0.1, -0.05) is 0 Å². The Labute approximate surface area is 96.6 Å². The van der Waals surface area contributed by atoms with E-state index >= 15 is 0 Å². The van der Waals surface area contributed by atoms with Crippen LogP contribution >= 0.6 is 15.9 Å². The summed E-state index contributed by atoms with van der Waals surface area (Å²) in [4.78, 5) is 17.4. The van der Waals surface area contributed by atoms with Crippen molar-refractivity contribution < 1.29 is 4.79 Å². The van der Waals surface area contributed by atoms with Crippen molar-refractivity contribution in [3.63, 3.8) is 0 Å². The van der Waals surface area contributed by atoms with Crippen LogP contribution in [0.25, 0.3) is 0 Å². The summed E-state index contributed by atoms with van der Waals surface area (Å²) in [6, 6.07) is 3.61. The van der Waals surface area contributed by atoms with Crippen LogP contribution in [-0.2, 0) is 4.79 Å². The molecule has 0 bridgehead atoms. The maximum Gasteiger partial charge on any atom is 0.240 e. The van der Waals surface area contributed by atoms with Gasteiger partial charge < -0.3 is 10.6 Å². The molecule has 15 heavy (non-hydrogen) atoms. The van der Waals surface area contributed by atoms with E-state index in [4.69, 9.17) is 5.73 Å². The summed E-state index contributed by atoms with van der Waals surface area (Å²) in [6.07, 6.45) is 3.55. The van der Waals surface area contributed by atoms with Gasteiger partial charge in [-0.2, -0.15) is 0 Å². The Bertz CT molecular complexity index is 365. The van der Waals surface area contributed by atoms with Crippen molar-refractivity contribution in [1.82, 2.24) is 4.98 Å². The molecule has 80 valence electrons. The van der Waals surface area contributed by atoms with Gasteiger partial charge in [0.15, 0.2) is 0 Å². The molecule has 2 rings (SSSR count). The van der Waals surface area contributed by atoms with Crippen LogP contribution in [0.5, 0.6) is 0 Å². The maximum absolute atomic E-state index is 11.2. The van der Waals surface area contributed by atoms with Crippen LogP contribution in [0.4, 0.5) is 5.82 Å². The fourth-order valence-corrected chi connectivity index (χ4v) is 2.11. The molecule has 1 aliphatic heterocycles. The van der Waals surface area contributed by atoms with Gasteiger partial charge in [0.1, 0.15) is 11.9 Å². The molecule has 4 nitrogen and oxygen atoms in total. The van der Waals surface area contributed by atoms with E-state index in [9.17, 15) is 4.79 Å². The van der Waals surface area contributed by atoms with E-state index in [-0.39, 0.29) is 11.9 Å². The second-order valence-corrected chi connectivity index (χ2v) is 4.50. The Kier molecular flexibility index (Phi) is 2.90. The van der Waals surface area contributed by atoms with Crippen LogP contribution < -0.4 is 10.6 Å².